The van der Waals surface area contributed by atoms with Crippen LogP contribution in [0.25, 0.3) is 0 Å². The van der Waals surface area contributed by atoms with Crippen molar-refractivity contribution in [2.24, 2.45) is 0 Å². The van der Waals surface area contributed by atoms with Gasteiger partial charge < -0.3 is 4.57 Å². The van der Waals surface area contributed by atoms with Gasteiger partial charge in [-0.2, -0.15) is 5.26 Å². The molecule has 0 aliphatic heterocycles. The van der Waals surface area contributed by atoms with E-state index in [0.29, 0.717) is 21.3 Å². The lowest BCUT2D eigenvalue weighted by atomic mass is 9.97. The van der Waals surface area contributed by atoms with Crippen LogP contribution in [0.4, 0.5) is 0 Å². The average molecular weight is 319 g/mol. The standard InChI is InChI=1S/C16H12Cl2N2O/c1-10(11(2)21)16(20-7-3-4-13(20)9-19)12-5-6-14(17)15(18)8-12/h3-8,16H,1H2,2H3/t16-/m0/s1. The highest BCUT2D eigenvalue weighted by Gasteiger charge is 2.22. The summed E-state index contributed by atoms with van der Waals surface area (Å²) in [6.45, 7) is 5.31. The van der Waals surface area contributed by atoms with E-state index in [4.69, 9.17) is 23.2 Å². The van der Waals surface area contributed by atoms with E-state index in [1.807, 2.05) is 0 Å². The molecule has 0 amide bonds. The predicted octanol–water partition coefficient (Wildman–Crippen LogP) is 4.40. The number of Topliss-reactive ketones (excluding diaryl/α,β-unsaturated/α-hetero) is 1. The molecule has 3 nitrogen and oxygen atoms in total. The van der Waals surface area contributed by atoms with Crippen molar-refractivity contribution in [1.29, 1.82) is 5.26 Å². The van der Waals surface area contributed by atoms with Gasteiger partial charge in [0.1, 0.15) is 11.8 Å². The molecule has 2 aromatic rings. The third-order valence-electron chi connectivity index (χ3n) is 3.21. The molecular formula is C16H12Cl2N2O. The number of carbonyl (C=O) groups excluding carboxylic acids is 1. The summed E-state index contributed by atoms with van der Waals surface area (Å²) in [4.78, 5) is 11.8. The van der Waals surface area contributed by atoms with Gasteiger partial charge in [0.25, 0.3) is 0 Å². The van der Waals surface area contributed by atoms with Crippen molar-refractivity contribution < 1.29 is 4.79 Å². The molecule has 0 aliphatic carbocycles. The van der Waals surface area contributed by atoms with E-state index in [1.165, 1.54) is 6.92 Å². The lowest BCUT2D eigenvalue weighted by Crippen LogP contribution is -2.17. The Labute approximate surface area is 133 Å². The summed E-state index contributed by atoms with van der Waals surface area (Å²) in [6.07, 6.45) is 1.74. The number of halogens is 2. The third kappa shape index (κ3) is 3.02. The predicted molar refractivity (Wildman–Crippen MR) is 83.6 cm³/mol. The zero-order valence-corrected chi connectivity index (χ0v) is 12.8. The maximum Gasteiger partial charge on any atom is 0.157 e. The van der Waals surface area contributed by atoms with Crippen molar-refractivity contribution in [3.8, 4) is 6.07 Å². The van der Waals surface area contributed by atoms with Crippen LogP contribution in [0.1, 0.15) is 24.2 Å². The van der Waals surface area contributed by atoms with Crippen LogP contribution in [-0.2, 0) is 4.79 Å². The molecule has 2 rings (SSSR count). The van der Waals surface area contributed by atoms with Gasteiger partial charge in [0.2, 0.25) is 0 Å². The summed E-state index contributed by atoms with van der Waals surface area (Å²) in [5.41, 5.74) is 1.56. The minimum atomic E-state index is -0.484. The molecule has 5 heteroatoms. The molecule has 0 N–H and O–H groups in total. The molecule has 1 heterocycles. The number of benzene rings is 1. The molecule has 0 saturated carbocycles. The van der Waals surface area contributed by atoms with Gasteiger partial charge in [-0.05, 0) is 36.8 Å². The molecule has 1 atom stereocenters. The van der Waals surface area contributed by atoms with E-state index in [2.05, 4.69) is 12.6 Å². The number of nitrogens with zero attached hydrogens (tertiary/aromatic N) is 2. The first kappa shape index (κ1) is 15.4. The Morgan fingerprint density at radius 3 is 2.62 bits per heavy atom. The molecule has 0 bridgehead atoms. The molecule has 0 fully saturated rings. The number of hydrogen-bond acceptors (Lipinski definition) is 2. The summed E-state index contributed by atoms with van der Waals surface area (Å²) >= 11 is 12.0. The van der Waals surface area contributed by atoms with Gasteiger partial charge in [0.05, 0.1) is 16.1 Å². The van der Waals surface area contributed by atoms with Crippen molar-refractivity contribution in [2.75, 3.05) is 0 Å². The number of rotatable bonds is 4. The Morgan fingerprint density at radius 2 is 2.05 bits per heavy atom. The van der Waals surface area contributed by atoms with Gasteiger partial charge in [-0.1, -0.05) is 35.8 Å². The first-order chi connectivity index (χ1) is 9.95. The second kappa shape index (κ2) is 6.17. The Hall–Kier alpha value is -2.02. The van der Waals surface area contributed by atoms with Gasteiger partial charge in [-0.3, -0.25) is 4.79 Å². The van der Waals surface area contributed by atoms with Gasteiger partial charge in [-0.15, -0.1) is 0 Å². The number of aromatic nitrogens is 1. The Kier molecular flexibility index (Phi) is 4.52. The molecule has 106 valence electrons. The van der Waals surface area contributed by atoms with Crippen molar-refractivity contribution in [2.45, 2.75) is 13.0 Å². The molecule has 0 saturated heterocycles. The van der Waals surface area contributed by atoms with Crippen LogP contribution in [0.2, 0.25) is 10.0 Å². The lowest BCUT2D eigenvalue weighted by Gasteiger charge is -2.22. The minimum absolute atomic E-state index is 0.149. The summed E-state index contributed by atoms with van der Waals surface area (Å²) in [6, 6.07) is 10.2. The summed E-state index contributed by atoms with van der Waals surface area (Å²) in [7, 11) is 0. The fraction of sp³-hybridized carbons (Fsp3) is 0.125. The monoisotopic (exact) mass is 318 g/mol. The quantitative estimate of drug-likeness (QED) is 0.784. The van der Waals surface area contributed by atoms with Crippen LogP contribution in [0.15, 0.2) is 48.7 Å². The molecule has 0 radical (unpaired) electrons. The number of nitriles is 1. The first-order valence-corrected chi connectivity index (χ1v) is 6.93. The molecule has 21 heavy (non-hydrogen) atoms. The number of hydrogen-bond donors (Lipinski definition) is 0. The van der Waals surface area contributed by atoms with Crippen LogP contribution in [0, 0.1) is 11.3 Å². The number of carbonyl (C=O) groups is 1. The lowest BCUT2D eigenvalue weighted by molar-refractivity contribution is -0.113. The molecular weight excluding hydrogens is 307 g/mol. The van der Waals surface area contributed by atoms with Crippen LogP contribution in [-0.4, -0.2) is 10.4 Å². The second-order valence-corrected chi connectivity index (χ2v) is 5.38. The average Bonchev–Trinajstić information content (AvgIpc) is 2.91. The highest BCUT2D eigenvalue weighted by atomic mass is 35.5. The van der Waals surface area contributed by atoms with E-state index < -0.39 is 6.04 Å². The number of allylic oxidation sites excluding steroid dienone is 1. The Balaban J connectivity index is 2.62. The van der Waals surface area contributed by atoms with Crippen LogP contribution < -0.4 is 0 Å². The van der Waals surface area contributed by atoms with Gasteiger partial charge in [-0.25, -0.2) is 0 Å². The van der Waals surface area contributed by atoms with E-state index in [-0.39, 0.29) is 5.78 Å². The zero-order valence-electron chi connectivity index (χ0n) is 11.3. The van der Waals surface area contributed by atoms with Gasteiger partial charge >= 0.3 is 0 Å². The fourth-order valence-corrected chi connectivity index (χ4v) is 2.42. The third-order valence-corrected chi connectivity index (χ3v) is 3.95. The maximum atomic E-state index is 11.8. The summed E-state index contributed by atoms with van der Waals surface area (Å²) in [5.74, 6) is -0.149. The molecule has 1 aromatic heterocycles. The molecule has 0 spiro atoms. The van der Waals surface area contributed by atoms with Crippen LogP contribution in [0.3, 0.4) is 0 Å². The van der Waals surface area contributed by atoms with Gasteiger partial charge in [0.15, 0.2) is 5.78 Å². The van der Waals surface area contributed by atoms with Crippen LogP contribution in [0.5, 0.6) is 0 Å². The summed E-state index contributed by atoms with van der Waals surface area (Å²) in [5, 5.41) is 10.0. The molecule has 0 unspecified atom stereocenters. The van der Waals surface area contributed by atoms with Crippen molar-refractivity contribution in [3.05, 3.63) is 70.0 Å². The zero-order chi connectivity index (χ0) is 15.6. The Morgan fingerprint density at radius 1 is 1.33 bits per heavy atom. The first-order valence-electron chi connectivity index (χ1n) is 6.17. The van der Waals surface area contributed by atoms with E-state index in [0.717, 1.165) is 5.56 Å². The molecule has 0 aliphatic rings. The topological polar surface area (TPSA) is 45.8 Å². The van der Waals surface area contributed by atoms with Crippen molar-refractivity contribution in [3.63, 3.8) is 0 Å². The molecule has 1 aromatic carbocycles. The van der Waals surface area contributed by atoms with Crippen molar-refractivity contribution in [1.82, 2.24) is 4.57 Å². The van der Waals surface area contributed by atoms with Crippen LogP contribution >= 0.6 is 23.2 Å². The smallest absolute Gasteiger partial charge is 0.157 e. The normalized spacial score (nSPS) is 11.7. The highest BCUT2D eigenvalue weighted by Crippen LogP contribution is 2.32. The van der Waals surface area contributed by atoms with E-state index >= 15 is 0 Å². The maximum absolute atomic E-state index is 11.8. The second-order valence-electron chi connectivity index (χ2n) is 4.57. The fourth-order valence-electron chi connectivity index (χ4n) is 2.12. The van der Waals surface area contributed by atoms with Crippen molar-refractivity contribution >= 4 is 29.0 Å². The number of ketones is 1. The summed E-state index contributed by atoms with van der Waals surface area (Å²) < 4.78 is 1.70. The Bertz CT molecular complexity index is 756. The highest BCUT2D eigenvalue weighted by molar-refractivity contribution is 6.42. The van der Waals surface area contributed by atoms with E-state index in [1.54, 1.807) is 41.1 Å². The SMILES string of the molecule is C=C(C(C)=O)[C@@H](c1ccc(Cl)c(Cl)c1)n1cccc1C#N. The largest absolute Gasteiger partial charge is 0.328 e. The van der Waals surface area contributed by atoms with E-state index in [9.17, 15) is 10.1 Å². The van der Waals surface area contributed by atoms with Gasteiger partial charge in [0, 0.05) is 11.8 Å². The minimum Gasteiger partial charge on any atom is -0.328 e.